The second kappa shape index (κ2) is 9.57. The normalized spacial score (nSPS) is 10.8. The Morgan fingerprint density at radius 2 is 1.46 bits per heavy atom. The van der Waals surface area contributed by atoms with E-state index in [1.54, 1.807) is 0 Å². The number of ether oxygens (including phenoxy) is 1. The third-order valence-corrected chi connectivity index (χ3v) is 6.32. The first-order chi connectivity index (χ1) is 12.9. The number of para-hydroxylation sites is 1. The van der Waals surface area contributed by atoms with E-state index in [0.29, 0.717) is 0 Å². The largest absolute Gasteiger partial charge is 1.00 e. The Hall–Kier alpha value is -1.84. The Morgan fingerprint density at radius 1 is 0.786 bits per heavy atom. The molecule has 0 N–H and O–H groups in total. The average molecular weight is 384 g/mol. The number of aryl methyl sites for hydroxylation is 3. The van der Waals surface area contributed by atoms with Crippen LogP contribution < -0.4 is 28.9 Å². The summed E-state index contributed by atoms with van der Waals surface area (Å²) in [7, 11) is 0.110. The molecular formula is C24H26LiO2P. The molecule has 0 aliphatic carbocycles. The smallest absolute Gasteiger partial charge is 1.00 e. The predicted molar refractivity (Wildman–Crippen MR) is 116 cm³/mol. The molecule has 0 bridgehead atoms. The van der Waals surface area contributed by atoms with Gasteiger partial charge in [0.1, 0.15) is 11.5 Å². The summed E-state index contributed by atoms with van der Waals surface area (Å²) in [4.78, 5) is 13.0. The molecule has 1 unspecified atom stereocenters. The van der Waals surface area contributed by atoms with Gasteiger partial charge in [-0.25, -0.2) is 0 Å². The first kappa shape index (κ1) is 22.4. The fraction of sp³-hybridized carbons (Fsp3) is 0.208. The second-order valence-corrected chi connectivity index (χ2v) is 8.22. The van der Waals surface area contributed by atoms with Gasteiger partial charge in [0.15, 0.2) is 5.52 Å². The number of carbonyl (C=O) groups is 1. The van der Waals surface area contributed by atoms with E-state index in [9.17, 15) is 4.79 Å². The topological polar surface area (TPSA) is 26.3 Å². The van der Waals surface area contributed by atoms with Crippen molar-refractivity contribution in [3.63, 3.8) is 0 Å². The van der Waals surface area contributed by atoms with Crippen LogP contribution in [0.2, 0.25) is 0 Å². The Morgan fingerprint density at radius 3 is 2.11 bits per heavy atom. The van der Waals surface area contributed by atoms with Gasteiger partial charge in [-0.3, -0.25) is 4.79 Å². The van der Waals surface area contributed by atoms with Gasteiger partial charge in [-0.1, -0.05) is 30.3 Å². The van der Waals surface area contributed by atoms with Crippen LogP contribution in [0.4, 0.5) is 0 Å². The van der Waals surface area contributed by atoms with Crippen LogP contribution in [0.25, 0.3) is 0 Å². The maximum absolute atomic E-state index is 13.0. The van der Waals surface area contributed by atoms with E-state index < -0.39 is 0 Å². The quantitative estimate of drug-likeness (QED) is 0.499. The van der Waals surface area contributed by atoms with Crippen molar-refractivity contribution in [3.05, 3.63) is 88.0 Å². The molecule has 0 saturated carbocycles. The molecule has 0 fully saturated rings. The summed E-state index contributed by atoms with van der Waals surface area (Å²) < 4.78 is 5.89. The summed E-state index contributed by atoms with van der Waals surface area (Å²) in [6.07, 6.45) is 0. The van der Waals surface area contributed by atoms with Gasteiger partial charge in [-0.05, 0) is 101 Å². The Kier molecular flexibility index (Phi) is 7.68. The van der Waals surface area contributed by atoms with Crippen molar-refractivity contribution in [2.24, 2.45) is 0 Å². The molecule has 4 heteroatoms. The molecule has 140 valence electrons. The second-order valence-electron chi connectivity index (χ2n) is 6.98. The van der Waals surface area contributed by atoms with Crippen LogP contribution in [-0.4, -0.2) is 5.52 Å². The molecule has 1 atom stereocenters. The van der Waals surface area contributed by atoms with Crippen LogP contribution >= 0.6 is 8.58 Å². The van der Waals surface area contributed by atoms with E-state index in [1.807, 2.05) is 62.4 Å². The maximum atomic E-state index is 13.0. The van der Waals surface area contributed by atoms with E-state index in [2.05, 4.69) is 26.8 Å². The van der Waals surface area contributed by atoms with Gasteiger partial charge in [0, 0.05) is 5.56 Å². The zero-order valence-electron chi connectivity index (χ0n) is 18.5. The van der Waals surface area contributed by atoms with Crippen LogP contribution in [-0.2, 0) is 0 Å². The van der Waals surface area contributed by atoms with E-state index in [1.165, 1.54) is 11.1 Å². The van der Waals surface area contributed by atoms with Crippen LogP contribution in [0.3, 0.4) is 0 Å². The Labute approximate surface area is 183 Å². The van der Waals surface area contributed by atoms with E-state index >= 15 is 0 Å². The first-order valence-electron chi connectivity index (χ1n) is 9.09. The predicted octanol–water partition coefficient (Wildman–Crippen LogP) is 3.28. The molecule has 0 saturated heterocycles. The molecule has 0 heterocycles. The van der Waals surface area contributed by atoms with E-state index in [-0.39, 0.29) is 34.4 Å². The van der Waals surface area contributed by atoms with Gasteiger partial charge in [0.25, 0.3) is 0 Å². The standard InChI is InChI=1S/C24H25O2P.Li.H/c1-15-13-17(3)23(19(5)18(15)4)24(25)27-22-12-11-21(14-16(22)2)26-20-9-7-6-8-10-20;;/h6-14,27H,1-5H3;;/q;+1;-1. The Bertz CT molecular complexity index is 1000. The Balaban J connectivity index is 0.00000210. The SMILES string of the molecule is Cc1cc(Oc2ccccc2)ccc1PC(=O)c1c(C)cc(C)c(C)c1C.[H-].[Li+]. The fourth-order valence-electron chi connectivity index (χ4n) is 3.28. The summed E-state index contributed by atoms with van der Waals surface area (Å²) in [5, 5.41) is 1.07. The van der Waals surface area contributed by atoms with E-state index in [4.69, 9.17) is 4.74 Å². The molecule has 2 nitrogen and oxygen atoms in total. The molecule has 0 aliphatic heterocycles. The monoisotopic (exact) mass is 384 g/mol. The average Bonchev–Trinajstić information content (AvgIpc) is 2.63. The summed E-state index contributed by atoms with van der Waals surface area (Å²) in [6.45, 7) is 10.3. The molecular weight excluding hydrogens is 358 g/mol. The third-order valence-electron chi connectivity index (χ3n) is 5.01. The molecule has 3 aromatic carbocycles. The van der Waals surface area contributed by atoms with Crippen molar-refractivity contribution >= 4 is 19.4 Å². The zero-order valence-corrected chi connectivity index (χ0v) is 18.5. The number of rotatable bonds is 5. The number of hydrogen-bond acceptors (Lipinski definition) is 2. The molecule has 0 aromatic heterocycles. The van der Waals surface area contributed by atoms with Crippen molar-refractivity contribution in [2.75, 3.05) is 0 Å². The molecule has 0 radical (unpaired) electrons. The van der Waals surface area contributed by atoms with Crippen molar-refractivity contribution < 1.29 is 29.8 Å². The summed E-state index contributed by atoms with van der Waals surface area (Å²) >= 11 is 0. The number of hydrogen-bond donors (Lipinski definition) is 0. The van der Waals surface area contributed by atoms with Gasteiger partial charge in [-0.15, -0.1) is 0 Å². The third kappa shape index (κ3) is 4.95. The number of benzene rings is 3. The van der Waals surface area contributed by atoms with Gasteiger partial charge in [0.05, 0.1) is 0 Å². The van der Waals surface area contributed by atoms with Gasteiger partial charge in [-0.2, -0.15) is 0 Å². The van der Waals surface area contributed by atoms with E-state index in [0.717, 1.165) is 39.1 Å². The molecule has 28 heavy (non-hydrogen) atoms. The van der Waals surface area contributed by atoms with Crippen LogP contribution in [0, 0.1) is 34.6 Å². The minimum atomic E-state index is 0. The zero-order chi connectivity index (χ0) is 19.6. The molecule has 3 rings (SSSR count). The first-order valence-corrected chi connectivity index (χ1v) is 10.1. The molecule has 0 amide bonds. The maximum Gasteiger partial charge on any atom is 1.00 e. The molecule has 0 spiro atoms. The van der Waals surface area contributed by atoms with Crippen molar-refractivity contribution in [1.29, 1.82) is 0 Å². The number of carbonyl (C=O) groups excluding carboxylic acids is 1. The summed E-state index contributed by atoms with van der Waals surface area (Å²) in [5.41, 5.74) is 6.77. The van der Waals surface area contributed by atoms with Crippen LogP contribution in [0.5, 0.6) is 11.5 Å². The van der Waals surface area contributed by atoms with Gasteiger partial charge in [0.2, 0.25) is 0 Å². The fourth-order valence-corrected chi connectivity index (χ4v) is 4.47. The van der Waals surface area contributed by atoms with Gasteiger partial charge >= 0.3 is 18.9 Å². The van der Waals surface area contributed by atoms with Gasteiger partial charge < -0.3 is 6.16 Å². The molecule has 0 aliphatic rings. The summed E-state index contributed by atoms with van der Waals surface area (Å²) in [5.74, 6) is 1.60. The van der Waals surface area contributed by atoms with Crippen LogP contribution in [0.1, 0.15) is 39.6 Å². The van der Waals surface area contributed by atoms with Crippen molar-refractivity contribution in [2.45, 2.75) is 34.6 Å². The summed E-state index contributed by atoms with van der Waals surface area (Å²) in [6, 6.07) is 17.8. The van der Waals surface area contributed by atoms with Crippen molar-refractivity contribution in [1.82, 2.24) is 0 Å². The minimum absolute atomic E-state index is 0. The molecule has 3 aromatic rings. The minimum Gasteiger partial charge on any atom is -1.00 e. The van der Waals surface area contributed by atoms with Crippen LogP contribution in [0.15, 0.2) is 54.6 Å². The van der Waals surface area contributed by atoms with Crippen molar-refractivity contribution in [3.8, 4) is 11.5 Å².